The molecule has 0 spiro atoms. The third kappa shape index (κ3) is 3.49. The summed E-state index contributed by atoms with van der Waals surface area (Å²) in [5, 5.41) is 9.27. The Morgan fingerprint density at radius 3 is 2.61 bits per heavy atom. The van der Waals surface area contributed by atoms with Crippen LogP contribution in [0.15, 0.2) is 18.2 Å². The second-order valence-electron chi connectivity index (χ2n) is 6.92. The van der Waals surface area contributed by atoms with Gasteiger partial charge in [0, 0.05) is 11.6 Å². The number of amides is 2. The van der Waals surface area contributed by atoms with Crippen molar-refractivity contribution in [2.75, 3.05) is 10.6 Å². The highest BCUT2D eigenvalue weighted by Gasteiger charge is 2.28. The number of carbonyl (C=O) groups excluding carboxylic acids is 2. The summed E-state index contributed by atoms with van der Waals surface area (Å²) < 4.78 is 0. The van der Waals surface area contributed by atoms with Gasteiger partial charge in [0.1, 0.15) is 6.04 Å². The summed E-state index contributed by atoms with van der Waals surface area (Å²) >= 11 is 0. The molecule has 0 saturated heterocycles. The van der Waals surface area contributed by atoms with E-state index in [9.17, 15) is 9.59 Å². The quantitative estimate of drug-likeness (QED) is 0.802. The molecule has 0 radical (unpaired) electrons. The molecule has 5 nitrogen and oxygen atoms in total. The summed E-state index contributed by atoms with van der Waals surface area (Å²) in [6.45, 7) is 4.02. The van der Waals surface area contributed by atoms with E-state index in [-0.39, 0.29) is 29.8 Å². The Morgan fingerprint density at radius 1 is 1.17 bits per heavy atom. The highest BCUT2D eigenvalue weighted by Crippen LogP contribution is 2.29. The van der Waals surface area contributed by atoms with Crippen molar-refractivity contribution in [3.05, 3.63) is 23.8 Å². The number of hydrogen-bond donors (Lipinski definition) is 3. The van der Waals surface area contributed by atoms with E-state index >= 15 is 0 Å². The zero-order chi connectivity index (χ0) is 16.4. The lowest BCUT2D eigenvalue weighted by Crippen LogP contribution is -2.42. The summed E-state index contributed by atoms with van der Waals surface area (Å²) in [5.74, 6) is 0.106. The summed E-state index contributed by atoms with van der Waals surface area (Å²) in [7, 11) is 0. The Balaban J connectivity index is 1.72. The molecule has 3 rings (SSSR count). The van der Waals surface area contributed by atoms with Crippen LogP contribution in [0.5, 0.6) is 0 Å². The third-order valence-corrected chi connectivity index (χ3v) is 4.74. The Morgan fingerprint density at radius 2 is 1.91 bits per heavy atom. The Kier molecular flexibility index (Phi) is 4.55. The van der Waals surface area contributed by atoms with E-state index in [1.165, 1.54) is 19.3 Å². The molecule has 0 aromatic heterocycles. The van der Waals surface area contributed by atoms with Crippen LogP contribution >= 0.6 is 0 Å². The number of anilines is 2. The van der Waals surface area contributed by atoms with Gasteiger partial charge < -0.3 is 16.0 Å². The molecule has 3 N–H and O–H groups in total. The van der Waals surface area contributed by atoms with Crippen molar-refractivity contribution in [1.29, 1.82) is 0 Å². The largest absolute Gasteiger partial charge is 0.372 e. The summed E-state index contributed by atoms with van der Waals surface area (Å²) in [6, 6.07) is 5.50. The standard InChI is InChI=1S/C18H25N3O2/c1-11(2)16-18(23)21-15-10-12(8-9-14(15)20-16)17(22)19-13-6-4-3-5-7-13/h8-11,13,16,20H,3-7H2,1-2H3,(H,19,22)(H,21,23)/t16-/m1/s1. The molecule has 1 aromatic carbocycles. The van der Waals surface area contributed by atoms with E-state index < -0.39 is 0 Å². The van der Waals surface area contributed by atoms with E-state index in [1.54, 1.807) is 6.07 Å². The fraction of sp³-hybridized carbons (Fsp3) is 0.556. The van der Waals surface area contributed by atoms with Gasteiger partial charge in [-0.05, 0) is 37.0 Å². The Bertz CT molecular complexity index is 606. The molecular weight excluding hydrogens is 290 g/mol. The van der Waals surface area contributed by atoms with Crippen molar-refractivity contribution in [2.24, 2.45) is 5.92 Å². The smallest absolute Gasteiger partial charge is 0.251 e. The minimum absolute atomic E-state index is 0.0441. The van der Waals surface area contributed by atoms with Gasteiger partial charge in [0.05, 0.1) is 11.4 Å². The number of fused-ring (bicyclic) bond motifs is 1. The average Bonchev–Trinajstić information content (AvgIpc) is 2.54. The fourth-order valence-electron chi connectivity index (χ4n) is 3.34. The number of benzene rings is 1. The summed E-state index contributed by atoms with van der Waals surface area (Å²) in [5.41, 5.74) is 2.15. The van der Waals surface area contributed by atoms with Crippen LogP contribution in [0.2, 0.25) is 0 Å². The number of rotatable bonds is 3. The van der Waals surface area contributed by atoms with Crippen molar-refractivity contribution in [2.45, 2.75) is 58.0 Å². The van der Waals surface area contributed by atoms with Crippen LogP contribution in [0.25, 0.3) is 0 Å². The first kappa shape index (κ1) is 15.8. The van der Waals surface area contributed by atoms with Crippen molar-refractivity contribution >= 4 is 23.2 Å². The molecule has 2 aliphatic rings. The maximum absolute atomic E-state index is 12.4. The normalized spacial score (nSPS) is 21.3. The number of hydrogen-bond acceptors (Lipinski definition) is 3. The summed E-state index contributed by atoms with van der Waals surface area (Å²) in [6.07, 6.45) is 5.76. The molecule has 2 amide bonds. The molecular formula is C18H25N3O2. The highest BCUT2D eigenvalue weighted by molar-refractivity contribution is 6.05. The van der Waals surface area contributed by atoms with Crippen LogP contribution in [-0.4, -0.2) is 23.9 Å². The lowest BCUT2D eigenvalue weighted by molar-refractivity contribution is -0.117. The van der Waals surface area contributed by atoms with E-state index in [2.05, 4.69) is 16.0 Å². The summed E-state index contributed by atoms with van der Waals surface area (Å²) in [4.78, 5) is 24.5. The van der Waals surface area contributed by atoms with E-state index in [1.807, 2.05) is 26.0 Å². The van der Waals surface area contributed by atoms with Gasteiger partial charge in [-0.15, -0.1) is 0 Å². The van der Waals surface area contributed by atoms with Crippen LogP contribution < -0.4 is 16.0 Å². The van der Waals surface area contributed by atoms with Gasteiger partial charge in [0.15, 0.2) is 0 Å². The number of nitrogens with one attached hydrogen (secondary N) is 3. The van der Waals surface area contributed by atoms with Gasteiger partial charge in [0.25, 0.3) is 5.91 Å². The topological polar surface area (TPSA) is 70.2 Å². The molecule has 1 aliphatic carbocycles. The van der Waals surface area contributed by atoms with E-state index in [4.69, 9.17) is 0 Å². The SMILES string of the molecule is CC(C)[C@H]1Nc2ccc(C(=O)NC3CCCCC3)cc2NC1=O. The molecule has 0 unspecified atom stereocenters. The lowest BCUT2D eigenvalue weighted by atomic mass is 9.95. The van der Waals surface area contributed by atoms with Gasteiger partial charge in [-0.1, -0.05) is 33.1 Å². The molecule has 5 heteroatoms. The second-order valence-corrected chi connectivity index (χ2v) is 6.92. The second kappa shape index (κ2) is 6.60. The molecule has 1 atom stereocenters. The molecule has 1 aliphatic heterocycles. The minimum atomic E-state index is -0.232. The first-order valence-corrected chi connectivity index (χ1v) is 8.57. The maximum atomic E-state index is 12.4. The van der Waals surface area contributed by atoms with Gasteiger partial charge in [0.2, 0.25) is 5.91 Å². The van der Waals surface area contributed by atoms with Crippen LogP contribution in [-0.2, 0) is 4.79 Å². The molecule has 1 aromatic rings. The van der Waals surface area contributed by atoms with Crippen LogP contribution in [0.4, 0.5) is 11.4 Å². The van der Waals surface area contributed by atoms with Crippen LogP contribution in [0.1, 0.15) is 56.3 Å². The van der Waals surface area contributed by atoms with Gasteiger partial charge in [-0.3, -0.25) is 9.59 Å². The predicted octanol–water partition coefficient (Wildman–Crippen LogP) is 3.14. The van der Waals surface area contributed by atoms with Crippen molar-refractivity contribution in [1.82, 2.24) is 5.32 Å². The molecule has 23 heavy (non-hydrogen) atoms. The van der Waals surface area contributed by atoms with E-state index in [0.29, 0.717) is 11.3 Å². The first-order chi connectivity index (χ1) is 11.0. The van der Waals surface area contributed by atoms with Crippen molar-refractivity contribution < 1.29 is 9.59 Å². The van der Waals surface area contributed by atoms with Crippen molar-refractivity contribution in [3.63, 3.8) is 0 Å². The highest BCUT2D eigenvalue weighted by atomic mass is 16.2. The van der Waals surface area contributed by atoms with Crippen LogP contribution in [0, 0.1) is 5.92 Å². The van der Waals surface area contributed by atoms with Gasteiger partial charge in [-0.25, -0.2) is 0 Å². The third-order valence-electron chi connectivity index (χ3n) is 4.74. The predicted molar refractivity (Wildman–Crippen MR) is 91.7 cm³/mol. The van der Waals surface area contributed by atoms with E-state index in [0.717, 1.165) is 18.5 Å². The zero-order valence-electron chi connectivity index (χ0n) is 13.8. The monoisotopic (exact) mass is 315 g/mol. The average molecular weight is 315 g/mol. The minimum Gasteiger partial charge on any atom is -0.372 e. The van der Waals surface area contributed by atoms with Crippen molar-refractivity contribution in [3.8, 4) is 0 Å². The first-order valence-electron chi connectivity index (χ1n) is 8.57. The van der Waals surface area contributed by atoms with Gasteiger partial charge >= 0.3 is 0 Å². The lowest BCUT2D eigenvalue weighted by Gasteiger charge is -2.29. The molecule has 124 valence electrons. The van der Waals surface area contributed by atoms with Gasteiger partial charge in [-0.2, -0.15) is 0 Å². The molecule has 1 heterocycles. The number of carbonyl (C=O) groups is 2. The molecule has 1 saturated carbocycles. The zero-order valence-corrected chi connectivity index (χ0v) is 13.8. The Labute approximate surface area is 137 Å². The van der Waals surface area contributed by atoms with Crippen LogP contribution in [0.3, 0.4) is 0 Å². The molecule has 1 fully saturated rings. The fourth-order valence-corrected chi connectivity index (χ4v) is 3.34. The molecule has 0 bridgehead atoms. The maximum Gasteiger partial charge on any atom is 0.251 e. The Hall–Kier alpha value is -2.04.